The second kappa shape index (κ2) is 6.65. The van der Waals surface area contributed by atoms with Gasteiger partial charge in [0.15, 0.2) is 5.43 Å². The van der Waals surface area contributed by atoms with Crippen molar-refractivity contribution in [1.82, 2.24) is 0 Å². The maximum absolute atomic E-state index is 11.7. The molecule has 1 aromatic rings. The number of carbonyl (C=O) groups is 1. The van der Waals surface area contributed by atoms with Crippen molar-refractivity contribution in [3.8, 4) is 17.1 Å². The Hall–Kier alpha value is -3.34. The summed E-state index contributed by atoms with van der Waals surface area (Å²) >= 11 is 0. The number of aromatic hydroxyl groups is 1. The van der Waals surface area contributed by atoms with Gasteiger partial charge in [0.1, 0.15) is 17.1 Å². The van der Waals surface area contributed by atoms with Crippen LogP contribution in [0, 0.1) is 0 Å². The third kappa shape index (κ3) is 3.30. The minimum atomic E-state index is -0.961. The zero-order chi connectivity index (χ0) is 18.0. The molecular formula is C20H16O5. The third-order valence-corrected chi connectivity index (χ3v) is 3.83. The van der Waals surface area contributed by atoms with E-state index in [1.165, 1.54) is 24.3 Å². The highest BCUT2D eigenvalue weighted by Gasteiger charge is 2.20. The maximum Gasteiger partial charge on any atom is 0.307 e. The van der Waals surface area contributed by atoms with Crippen molar-refractivity contribution in [2.45, 2.75) is 13.3 Å². The number of fused-ring (bicyclic) bond motifs is 2. The first-order valence-corrected chi connectivity index (χ1v) is 7.73. The molecule has 1 aliphatic carbocycles. The lowest BCUT2D eigenvalue weighted by atomic mass is 9.91. The topological polar surface area (TPSA) is 87.7 Å². The second-order valence-corrected chi connectivity index (χ2v) is 5.60. The minimum Gasteiger partial charge on any atom is -0.508 e. The van der Waals surface area contributed by atoms with Gasteiger partial charge in [-0.25, -0.2) is 0 Å². The lowest BCUT2D eigenvalue weighted by Gasteiger charge is -2.16. The Kier molecular flexibility index (Phi) is 4.39. The van der Waals surface area contributed by atoms with Crippen LogP contribution in [0.2, 0.25) is 0 Å². The van der Waals surface area contributed by atoms with Crippen LogP contribution in [0.25, 0.3) is 27.9 Å². The predicted molar refractivity (Wildman–Crippen MR) is 95.8 cm³/mol. The van der Waals surface area contributed by atoms with E-state index >= 15 is 0 Å². The molecule has 5 heteroatoms. The van der Waals surface area contributed by atoms with E-state index in [-0.39, 0.29) is 17.6 Å². The summed E-state index contributed by atoms with van der Waals surface area (Å²) in [6.07, 6.45) is 5.13. The number of rotatable bonds is 4. The smallest absolute Gasteiger partial charge is 0.307 e. The SMILES string of the molecule is C/C=C\C=C(/CC(=O)O)c1c2ccc(=O)cc-2oc2cc(O)ccc12. The number of benzene rings is 2. The first-order chi connectivity index (χ1) is 12.0. The molecule has 0 fully saturated rings. The highest BCUT2D eigenvalue weighted by molar-refractivity contribution is 6.01. The number of phenolic OH excluding ortho intramolecular Hbond substituents is 1. The molecule has 126 valence electrons. The summed E-state index contributed by atoms with van der Waals surface area (Å²) in [5.41, 5.74) is 2.08. The van der Waals surface area contributed by atoms with E-state index in [0.717, 1.165) is 0 Å². The fourth-order valence-electron chi connectivity index (χ4n) is 2.81. The monoisotopic (exact) mass is 336 g/mol. The quantitative estimate of drug-likeness (QED) is 0.554. The minimum absolute atomic E-state index is 0.0250. The fraction of sp³-hybridized carbons (Fsp3) is 0.100. The lowest BCUT2D eigenvalue weighted by molar-refractivity contribution is -0.135. The van der Waals surface area contributed by atoms with Crippen LogP contribution in [0.5, 0.6) is 5.75 Å². The first kappa shape index (κ1) is 16.5. The number of hydrogen-bond donors (Lipinski definition) is 2. The summed E-state index contributed by atoms with van der Waals surface area (Å²) in [6, 6.07) is 9.05. The van der Waals surface area contributed by atoms with Gasteiger partial charge >= 0.3 is 5.97 Å². The number of allylic oxidation sites excluding steroid dienone is 3. The summed E-state index contributed by atoms with van der Waals surface area (Å²) in [5, 5.41) is 19.7. The highest BCUT2D eigenvalue weighted by atomic mass is 16.4. The van der Waals surface area contributed by atoms with Gasteiger partial charge in [0.05, 0.1) is 6.42 Å². The van der Waals surface area contributed by atoms with Gasteiger partial charge in [-0.05, 0) is 36.8 Å². The number of phenols is 1. The lowest BCUT2D eigenvalue weighted by Crippen LogP contribution is -2.03. The Morgan fingerprint density at radius 1 is 1.20 bits per heavy atom. The van der Waals surface area contributed by atoms with E-state index in [9.17, 15) is 19.8 Å². The van der Waals surface area contributed by atoms with Crippen molar-refractivity contribution in [2.24, 2.45) is 0 Å². The van der Waals surface area contributed by atoms with Gasteiger partial charge in [-0.15, -0.1) is 0 Å². The summed E-state index contributed by atoms with van der Waals surface area (Å²) < 4.78 is 5.76. The molecule has 2 aliphatic rings. The molecule has 2 N–H and O–H groups in total. The maximum atomic E-state index is 11.7. The fourth-order valence-corrected chi connectivity index (χ4v) is 2.81. The largest absolute Gasteiger partial charge is 0.508 e. The van der Waals surface area contributed by atoms with E-state index in [0.29, 0.717) is 33.4 Å². The van der Waals surface area contributed by atoms with Gasteiger partial charge in [0.25, 0.3) is 0 Å². The summed E-state index contributed by atoms with van der Waals surface area (Å²) in [4.78, 5) is 23.0. The molecule has 3 rings (SSSR count). The van der Waals surface area contributed by atoms with Crippen LogP contribution in [-0.2, 0) is 4.79 Å². The van der Waals surface area contributed by atoms with Gasteiger partial charge < -0.3 is 14.6 Å². The van der Waals surface area contributed by atoms with Crippen molar-refractivity contribution in [1.29, 1.82) is 0 Å². The van der Waals surface area contributed by atoms with Crippen LogP contribution >= 0.6 is 0 Å². The van der Waals surface area contributed by atoms with Crippen LogP contribution in [-0.4, -0.2) is 16.2 Å². The summed E-state index contributed by atoms with van der Waals surface area (Å²) in [7, 11) is 0. The van der Waals surface area contributed by atoms with Crippen molar-refractivity contribution >= 4 is 22.5 Å². The van der Waals surface area contributed by atoms with E-state index in [1.54, 1.807) is 30.4 Å². The zero-order valence-electron chi connectivity index (χ0n) is 13.5. The second-order valence-electron chi connectivity index (χ2n) is 5.60. The predicted octanol–water partition coefficient (Wildman–Crippen LogP) is 4.04. The summed E-state index contributed by atoms with van der Waals surface area (Å²) in [5.74, 6) is -0.591. The standard InChI is InChI=1S/C20H16O5/c1-2-3-4-12(9-19(23)24)20-15-7-5-13(21)10-17(15)25-18-11-14(22)6-8-16(18)20/h2-8,10-11,21H,9H2,1H3,(H,23,24)/b3-2-,12-4+. The van der Waals surface area contributed by atoms with E-state index < -0.39 is 5.97 Å². The molecule has 1 heterocycles. The zero-order valence-corrected chi connectivity index (χ0v) is 13.5. The molecule has 0 saturated carbocycles. The van der Waals surface area contributed by atoms with Crippen molar-refractivity contribution in [2.75, 3.05) is 0 Å². The Morgan fingerprint density at radius 2 is 2.00 bits per heavy atom. The number of carboxylic acids is 1. The molecule has 0 unspecified atom stereocenters. The third-order valence-electron chi connectivity index (χ3n) is 3.83. The molecule has 0 bridgehead atoms. The van der Waals surface area contributed by atoms with E-state index in [2.05, 4.69) is 0 Å². The van der Waals surface area contributed by atoms with Crippen LogP contribution in [0.3, 0.4) is 0 Å². The molecule has 0 saturated heterocycles. The molecule has 1 aromatic carbocycles. The van der Waals surface area contributed by atoms with Gasteiger partial charge in [0, 0.05) is 28.6 Å². The van der Waals surface area contributed by atoms with Gasteiger partial charge in [-0.1, -0.05) is 18.2 Å². The first-order valence-electron chi connectivity index (χ1n) is 7.73. The average Bonchev–Trinajstić information content (AvgIpc) is 2.56. The summed E-state index contributed by atoms with van der Waals surface area (Å²) in [6.45, 7) is 1.84. The van der Waals surface area contributed by atoms with Crippen LogP contribution in [0.4, 0.5) is 0 Å². The van der Waals surface area contributed by atoms with Crippen molar-refractivity contribution < 1.29 is 19.4 Å². The Balaban J connectivity index is 2.44. The van der Waals surface area contributed by atoms with E-state index in [4.69, 9.17) is 4.42 Å². The van der Waals surface area contributed by atoms with Crippen LogP contribution in [0.15, 0.2) is 63.8 Å². The Morgan fingerprint density at radius 3 is 2.72 bits per heavy atom. The molecule has 0 radical (unpaired) electrons. The average molecular weight is 336 g/mol. The van der Waals surface area contributed by atoms with Gasteiger partial charge in [-0.2, -0.15) is 0 Å². The number of hydrogen-bond acceptors (Lipinski definition) is 4. The highest BCUT2D eigenvalue weighted by Crippen LogP contribution is 2.39. The molecule has 0 spiro atoms. The number of aliphatic carboxylic acids is 1. The molecule has 25 heavy (non-hydrogen) atoms. The normalized spacial score (nSPS) is 12.3. The molecule has 0 aromatic heterocycles. The molecule has 0 atom stereocenters. The molecule has 0 amide bonds. The van der Waals surface area contributed by atoms with Gasteiger partial charge in [-0.3, -0.25) is 9.59 Å². The Bertz CT molecular complexity index is 1040. The van der Waals surface area contributed by atoms with Crippen molar-refractivity contribution in [3.05, 3.63) is 70.4 Å². The number of carboxylic acid groups (broad SMARTS) is 1. The Labute approximate surface area is 143 Å². The van der Waals surface area contributed by atoms with Crippen LogP contribution in [0.1, 0.15) is 18.9 Å². The van der Waals surface area contributed by atoms with Crippen LogP contribution < -0.4 is 5.43 Å². The molecule has 1 aliphatic heterocycles. The van der Waals surface area contributed by atoms with Gasteiger partial charge in [0.2, 0.25) is 0 Å². The van der Waals surface area contributed by atoms with Crippen molar-refractivity contribution in [3.63, 3.8) is 0 Å². The molecule has 5 nitrogen and oxygen atoms in total. The molecular weight excluding hydrogens is 320 g/mol. The van der Waals surface area contributed by atoms with E-state index in [1.807, 2.05) is 6.92 Å².